The molecule has 0 aromatic heterocycles. The van der Waals surface area contributed by atoms with Crippen LogP contribution in [-0.4, -0.2) is 24.2 Å². The third kappa shape index (κ3) is 4.32. The molecule has 6 heteroatoms. The van der Waals surface area contributed by atoms with E-state index in [-0.39, 0.29) is 11.7 Å². The summed E-state index contributed by atoms with van der Waals surface area (Å²) in [6.07, 6.45) is 1.73. The van der Waals surface area contributed by atoms with Crippen LogP contribution in [0.3, 0.4) is 0 Å². The van der Waals surface area contributed by atoms with Gasteiger partial charge in [0.15, 0.2) is 5.17 Å². The highest BCUT2D eigenvalue weighted by molar-refractivity contribution is 8.18. The van der Waals surface area contributed by atoms with Crippen molar-refractivity contribution in [3.63, 3.8) is 0 Å². The zero-order chi connectivity index (χ0) is 18.5. The van der Waals surface area contributed by atoms with E-state index in [0.717, 1.165) is 30.0 Å². The van der Waals surface area contributed by atoms with Crippen LogP contribution in [0, 0.1) is 5.82 Å². The molecule has 3 rings (SSSR count). The molecule has 1 N–H and O–H groups in total. The van der Waals surface area contributed by atoms with Gasteiger partial charge < -0.3 is 10.2 Å². The van der Waals surface area contributed by atoms with Gasteiger partial charge in [0.1, 0.15) is 5.82 Å². The molecule has 0 radical (unpaired) electrons. The average Bonchev–Trinajstić information content (AvgIpc) is 2.98. The monoisotopic (exact) mass is 369 g/mol. The Kier molecular flexibility index (Phi) is 5.73. The van der Waals surface area contributed by atoms with E-state index in [9.17, 15) is 9.18 Å². The molecule has 0 atom stereocenters. The molecule has 134 valence electrons. The fourth-order valence-electron chi connectivity index (χ4n) is 2.63. The molecule has 0 spiro atoms. The number of anilines is 1. The molecule has 26 heavy (non-hydrogen) atoms. The number of halogens is 1. The van der Waals surface area contributed by atoms with Gasteiger partial charge in [0.25, 0.3) is 5.91 Å². The topological polar surface area (TPSA) is 44.7 Å². The Morgan fingerprint density at radius 2 is 1.73 bits per heavy atom. The summed E-state index contributed by atoms with van der Waals surface area (Å²) in [5.41, 5.74) is 2.71. The van der Waals surface area contributed by atoms with Gasteiger partial charge in [0.05, 0.1) is 10.6 Å². The Hall–Kier alpha value is -2.60. The normalized spacial score (nSPS) is 17.0. The maximum Gasteiger partial charge on any atom is 0.264 e. The Balaban J connectivity index is 1.74. The van der Waals surface area contributed by atoms with Gasteiger partial charge in [-0.1, -0.05) is 12.1 Å². The minimum Gasteiger partial charge on any atom is -0.372 e. The van der Waals surface area contributed by atoms with Crippen molar-refractivity contribution < 1.29 is 9.18 Å². The number of amides is 1. The van der Waals surface area contributed by atoms with Crippen LogP contribution in [0.1, 0.15) is 19.4 Å². The molecule has 0 bridgehead atoms. The molecule has 0 aliphatic carbocycles. The summed E-state index contributed by atoms with van der Waals surface area (Å²) in [4.78, 5) is 19.4. The SMILES string of the molecule is CCN(CC)c1ccc(N=C2NC(=O)/C(=C/c3ccc(F)cc3)S2)cc1. The first-order chi connectivity index (χ1) is 12.6. The van der Waals surface area contributed by atoms with E-state index in [2.05, 4.69) is 29.1 Å². The number of nitrogens with one attached hydrogen (secondary N) is 1. The van der Waals surface area contributed by atoms with Gasteiger partial charge in [0, 0.05) is 18.8 Å². The van der Waals surface area contributed by atoms with Gasteiger partial charge in [-0.3, -0.25) is 4.79 Å². The Bertz CT molecular complexity index is 840. The van der Waals surface area contributed by atoms with Crippen LogP contribution in [0.25, 0.3) is 6.08 Å². The Labute approximate surface area is 156 Å². The molecular formula is C20H20FN3OS. The average molecular weight is 369 g/mol. The molecule has 1 amide bonds. The first-order valence-corrected chi connectivity index (χ1v) is 9.31. The predicted octanol–water partition coefficient (Wildman–Crippen LogP) is 4.56. The molecule has 1 aliphatic rings. The maximum atomic E-state index is 13.0. The zero-order valence-corrected chi connectivity index (χ0v) is 15.5. The van der Waals surface area contributed by atoms with Crippen molar-refractivity contribution in [3.8, 4) is 0 Å². The first kappa shape index (κ1) is 18.2. The lowest BCUT2D eigenvalue weighted by Crippen LogP contribution is -2.21. The molecule has 2 aromatic carbocycles. The van der Waals surface area contributed by atoms with Crippen LogP contribution in [0.5, 0.6) is 0 Å². The number of carbonyl (C=O) groups is 1. The van der Waals surface area contributed by atoms with E-state index < -0.39 is 0 Å². The van der Waals surface area contributed by atoms with Crippen molar-refractivity contribution in [1.82, 2.24) is 5.32 Å². The van der Waals surface area contributed by atoms with E-state index in [4.69, 9.17) is 0 Å². The molecular weight excluding hydrogens is 349 g/mol. The number of thioether (sulfide) groups is 1. The van der Waals surface area contributed by atoms with E-state index in [1.165, 1.54) is 23.9 Å². The third-order valence-corrected chi connectivity index (χ3v) is 4.94. The number of hydrogen-bond acceptors (Lipinski definition) is 4. The minimum absolute atomic E-state index is 0.196. The lowest BCUT2D eigenvalue weighted by molar-refractivity contribution is -0.115. The molecule has 0 saturated carbocycles. The third-order valence-electron chi connectivity index (χ3n) is 4.03. The van der Waals surface area contributed by atoms with Crippen LogP contribution >= 0.6 is 11.8 Å². The number of rotatable bonds is 5. The van der Waals surface area contributed by atoms with E-state index in [0.29, 0.717) is 10.1 Å². The van der Waals surface area contributed by atoms with Crippen LogP contribution in [0.4, 0.5) is 15.8 Å². The van der Waals surface area contributed by atoms with Crippen molar-refractivity contribution in [2.24, 2.45) is 4.99 Å². The maximum absolute atomic E-state index is 13.0. The van der Waals surface area contributed by atoms with E-state index in [1.807, 2.05) is 24.3 Å². The number of nitrogens with zero attached hydrogens (tertiary/aromatic N) is 2. The van der Waals surface area contributed by atoms with Gasteiger partial charge >= 0.3 is 0 Å². The van der Waals surface area contributed by atoms with E-state index in [1.54, 1.807) is 18.2 Å². The molecule has 1 saturated heterocycles. The second-order valence-electron chi connectivity index (χ2n) is 5.72. The summed E-state index contributed by atoms with van der Waals surface area (Å²) in [5.74, 6) is -0.496. The fraction of sp³-hybridized carbons (Fsp3) is 0.200. The second kappa shape index (κ2) is 8.19. The summed E-state index contributed by atoms with van der Waals surface area (Å²) < 4.78 is 13.0. The van der Waals surface area contributed by atoms with Crippen molar-refractivity contribution >= 4 is 40.3 Å². The van der Waals surface area contributed by atoms with Gasteiger partial charge in [-0.05, 0) is 73.6 Å². The Morgan fingerprint density at radius 3 is 2.35 bits per heavy atom. The second-order valence-corrected chi connectivity index (χ2v) is 6.75. The summed E-state index contributed by atoms with van der Waals surface area (Å²) >= 11 is 1.28. The standard InChI is InChI=1S/C20H20FN3OS/c1-3-24(4-2)17-11-9-16(10-12-17)22-20-23-19(25)18(26-20)13-14-5-7-15(21)8-6-14/h5-13H,3-4H2,1-2H3,(H,22,23,25)/b18-13-. The van der Waals surface area contributed by atoms with Crippen molar-refractivity contribution in [2.45, 2.75) is 13.8 Å². The largest absolute Gasteiger partial charge is 0.372 e. The van der Waals surface area contributed by atoms with Crippen LogP contribution in [0.15, 0.2) is 58.4 Å². The highest BCUT2D eigenvalue weighted by atomic mass is 32.2. The first-order valence-electron chi connectivity index (χ1n) is 8.49. The molecule has 0 unspecified atom stereocenters. The lowest BCUT2D eigenvalue weighted by atomic mass is 10.2. The van der Waals surface area contributed by atoms with Crippen molar-refractivity contribution in [2.75, 3.05) is 18.0 Å². The van der Waals surface area contributed by atoms with Crippen molar-refractivity contribution in [3.05, 3.63) is 64.8 Å². The zero-order valence-electron chi connectivity index (χ0n) is 14.7. The van der Waals surface area contributed by atoms with Gasteiger partial charge in [-0.2, -0.15) is 0 Å². The quantitative estimate of drug-likeness (QED) is 0.786. The molecule has 1 aliphatic heterocycles. The van der Waals surface area contributed by atoms with Crippen LogP contribution in [-0.2, 0) is 4.79 Å². The molecule has 4 nitrogen and oxygen atoms in total. The van der Waals surface area contributed by atoms with Gasteiger partial charge in [-0.15, -0.1) is 0 Å². The van der Waals surface area contributed by atoms with Gasteiger partial charge in [-0.25, -0.2) is 9.38 Å². The number of hydrogen-bond donors (Lipinski definition) is 1. The predicted molar refractivity (Wildman–Crippen MR) is 107 cm³/mol. The number of aliphatic imine (C=N–C) groups is 1. The summed E-state index contributed by atoms with van der Waals surface area (Å²) in [6.45, 7) is 6.15. The summed E-state index contributed by atoms with van der Waals surface area (Å²) in [5, 5.41) is 3.31. The van der Waals surface area contributed by atoms with Crippen LogP contribution < -0.4 is 10.2 Å². The van der Waals surface area contributed by atoms with Crippen LogP contribution in [0.2, 0.25) is 0 Å². The highest BCUT2D eigenvalue weighted by Crippen LogP contribution is 2.28. The lowest BCUT2D eigenvalue weighted by Gasteiger charge is -2.20. The van der Waals surface area contributed by atoms with E-state index >= 15 is 0 Å². The molecule has 1 heterocycles. The number of benzene rings is 2. The smallest absolute Gasteiger partial charge is 0.264 e. The summed E-state index contributed by atoms with van der Waals surface area (Å²) in [6, 6.07) is 14.0. The van der Waals surface area contributed by atoms with Gasteiger partial charge in [0.2, 0.25) is 0 Å². The Morgan fingerprint density at radius 1 is 1.08 bits per heavy atom. The minimum atomic E-state index is -0.300. The summed E-state index contributed by atoms with van der Waals surface area (Å²) in [7, 11) is 0. The fourth-order valence-corrected chi connectivity index (χ4v) is 3.48. The van der Waals surface area contributed by atoms with Crippen molar-refractivity contribution in [1.29, 1.82) is 0 Å². The molecule has 2 aromatic rings. The number of amidine groups is 1. The number of carbonyl (C=O) groups excluding carboxylic acids is 1. The molecule has 1 fully saturated rings. The highest BCUT2D eigenvalue weighted by Gasteiger charge is 2.23.